The zero-order chi connectivity index (χ0) is 107. The Morgan fingerprint density at radius 2 is 0.628 bits per heavy atom. The van der Waals surface area contributed by atoms with Crippen LogP contribution in [-0.2, 0) is 86.4 Å². The Bertz CT molecular complexity index is 5050. The van der Waals surface area contributed by atoms with E-state index < -0.39 is 203 Å². The number of carbonyl (C=O) groups is 17. The van der Waals surface area contributed by atoms with E-state index in [2.05, 4.69) is 126 Å². The van der Waals surface area contributed by atoms with Gasteiger partial charge in [0.15, 0.2) is 23.8 Å². The number of fused-ring (bicyclic) bond motifs is 1. The predicted molar refractivity (Wildman–Crippen MR) is 542 cm³/mol. The van der Waals surface area contributed by atoms with E-state index in [9.17, 15) is 68.1 Å². The number of carboxylic acid groups (broad SMARTS) is 1. The third kappa shape index (κ3) is 45.8. The largest absolute Gasteiger partial charge is 0.508 e. The Morgan fingerprint density at radius 3 is 0.993 bits per heavy atom. The highest BCUT2D eigenvalue weighted by molar-refractivity contribution is 7.80. The molecule has 14 atom stereocenters. The average Bonchev–Trinajstić information content (AvgIpc) is 1.68. The fourth-order valence-electron chi connectivity index (χ4n) is 15.3. The molecule has 0 spiro atoms. The van der Waals surface area contributed by atoms with Crippen molar-refractivity contribution in [1.82, 2.24) is 106 Å². The Morgan fingerprint density at radius 1 is 0.338 bits per heavy atom. The van der Waals surface area contributed by atoms with Crippen molar-refractivity contribution in [2.45, 2.75) is 226 Å². The molecule has 44 N–H and O–H groups in total. The van der Waals surface area contributed by atoms with Crippen LogP contribution in [0.15, 0.2) is 91.0 Å². The first-order valence-electron chi connectivity index (χ1n) is 47.3. The normalized spacial score (nSPS) is 14.7. The topological polar surface area (TPSA) is 912 Å². The number of nitrogens with zero attached hydrogens (tertiary/aromatic N) is 1. The lowest BCUT2D eigenvalue weighted by Crippen LogP contribution is -2.61. The molecule has 4 aromatic rings. The first kappa shape index (κ1) is 120. The van der Waals surface area contributed by atoms with Gasteiger partial charge in [-0.25, -0.2) is 19.2 Å². The molecule has 19 amide bonds. The molecule has 53 nitrogen and oxygen atoms in total. The number of guanidine groups is 4. The molecule has 0 radical (unpaired) electrons. The van der Waals surface area contributed by atoms with Crippen LogP contribution in [0.2, 0.25) is 0 Å². The van der Waals surface area contributed by atoms with E-state index in [1.54, 1.807) is 24.3 Å². The molecular formula is C90H141N33O20S2. The molecule has 798 valence electrons. The number of carboxylic acids is 1. The summed E-state index contributed by atoms with van der Waals surface area (Å²) in [4.78, 5) is 242. The third-order valence-electron chi connectivity index (χ3n) is 22.9. The molecule has 0 saturated carbocycles. The standard InChI is InChI=1S/C90H141N33O20S2/c91-34-4-3-16-57(112-71(127)60(19-8-39-108-88(101)141)114-76(132)64(44-49-25-30-54(124)31-26-49)119-80(136)68(48-145)122-78(134)66(46-51-24-29-52-13-1-2-14-53(52)43-51)118-74(130)58(17-6-36-105-85(95)96)111-70(126)56(92)15-5-35-104-84(93)94)73(129)116-62(21-10-41-110-90(103)143)82(138)123-42-12-23-69(123)81(137)120-65(45-50-27-32-55(125)33-28-50)77(133)115-59(18-7-37-106-86(97)98)72(128)113-61(20-9-40-109-89(102)142)75(131)121-67(47-144)79(135)117-63(83(139)140)22-11-38-107-87(99)100/h1-2,13-14,24-33,43,56-69,124-125,144-145H,3-12,15-23,34-42,44-48,91-92H2,(H,111,126)(H,112,127)(H,113,128)(H,114,132)(H,115,133)(H,116,129)(H,117,135)(H,118,130)(H,119,136)(H,120,137)(H,121,131)(H,122,134)(H,139,140)(H4,93,94,104)(H4,95,96,105)(H4,97,98,106)(H4,99,100,107)(H3,101,108,141)(H3,102,109,142)(H3,103,110,143)/t56-,57-,58-,59-,60-,61-,62+,63-,64-,65-,66-,67-,68-,69-/m0/s1. The highest BCUT2D eigenvalue weighted by atomic mass is 32.1. The maximum atomic E-state index is 15.4. The van der Waals surface area contributed by atoms with Crippen LogP contribution in [0, 0.1) is 21.6 Å². The molecule has 1 fully saturated rings. The van der Waals surface area contributed by atoms with Gasteiger partial charge in [-0.1, -0.05) is 66.7 Å². The van der Waals surface area contributed by atoms with Crippen molar-refractivity contribution in [3.63, 3.8) is 0 Å². The number of benzene rings is 4. The van der Waals surface area contributed by atoms with Gasteiger partial charge in [-0.2, -0.15) is 25.3 Å². The first-order chi connectivity index (χ1) is 69.0. The van der Waals surface area contributed by atoms with Gasteiger partial charge in [0.2, 0.25) is 76.8 Å². The fourth-order valence-corrected chi connectivity index (χ4v) is 15.8. The minimum Gasteiger partial charge on any atom is -0.508 e. The summed E-state index contributed by atoms with van der Waals surface area (Å²) in [5, 5.41) is 111. The molecule has 145 heavy (non-hydrogen) atoms. The van der Waals surface area contributed by atoms with Gasteiger partial charge in [-0.3, -0.25) is 84.0 Å². The number of nitrogens with two attached hydrogens (primary N) is 9. The second-order valence-corrected chi connectivity index (χ2v) is 35.1. The lowest BCUT2D eigenvalue weighted by molar-refractivity contribution is -0.142. The second-order valence-electron chi connectivity index (χ2n) is 34.4. The van der Waals surface area contributed by atoms with E-state index in [0.717, 1.165) is 15.7 Å². The quantitative estimate of drug-likeness (QED) is 0.00845. The van der Waals surface area contributed by atoms with Crippen molar-refractivity contribution >= 4 is 161 Å². The summed E-state index contributed by atoms with van der Waals surface area (Å²) in [6.45, 7) is -0.219. The smallest absolute Gasteiger partial charge is 0.326 e. The molecular weight excluding hydrogens is 1930 g/mol. The number of rotatable bonds is 66. The molecule has 1 aliphatic rings. The summed E-state index contributed by atoms with van der Waals surface area (Å²) in [6, 6.07) is -0.859. The molecule has 0 bridgehead atoms. The van der Waals surface area contributed by atoms with Crippen LogP contribution >= 0.6 is 25.3 Å². The number of primary amides is 3. The van der Waals surface area contributed by atoms with Gasteiger partial charge < -0.3 is 173 Å². The van der Waals surface area contributed by atoms with Gasteiger partial charge in [-0.15, -0.1) is 0 Å². The van der Waals surface area contributed by atoms with E-state index in [4.69, 9.17) is 73.2 Å². The monoisotopic (exact) mass is 2070 g/mol. The molecule has 0 unspecified atom stereocenters. The lowest BCUT2D eigenvalue weighted by Gasteiger charge is -2.31. The Kier molecular flexibility index (Phi) is 53.4. The Balaban J connectivity index is 1.49. The van der Waals surface area contributed by atoms with Gasteiger partial charge in [0.05, 0.1) is 6.04 Å². The fraction of sp³-hybridized carbons (Fsp3) is 0.522. The van der Waals surface area contributed by atoms with Crippen LogP contribution < -0.4 is 153 Å². The number of phenols is 2. The molecule has 4 aromatic carbocycles. The summed E-state index contributed by atoms with van der Waals surface area (Å²) in [5.41, 5.74) is 51.4. The number of carbonyl (C=O) groups excluding carboxylic acids is 16. The van der Waals surface area contributed by atoms with E-state index in [1.807, 2.05) is 18.2 Å². The highest BCUT2D eigenvalue weighted by Gasteiger charge is 2.42. The molecule has 0 aromatic heterocycles. The number of unbranched alkanes of at least 4 members (excludes halogenated alkanes) is 1. The maximum Gasteiger partial charge on any atom is 0.326 e. The molecule has 5 rings (SSSR count). The van der Waals surface area contributed by atoms with Gasteiger partial charge >= 0.3 is 24.1 Å². The zero-order valence-electron chi connectivity index (χ0n) is 80.4. The highest BCUT2D eigenvalue weighted by Crippen LogP contribution is 2.24. The summed E-state index contributed by atoms with van der Waals surface area (Å²) >= 11 is 8.67. The number of amides is 19. The summed E-state index contributed by atoms with van der Waals surface area (Å²) in [5.74, 6) is -16.8. The minimum absolute atomic E-state index is 0.0112. The maximum absolute atomic E-state index is 15.4. The lowest BCUT2D eigenvalue weighted by atomic mass is 10.00. The molecule has 1 heterocycles. The molecule has 1 aliphatic heterocycles. The number of thiol groups is 2. The van der Waals surface area contributed by atoms with Crippen molar-refractivity contribution in [2.24, 2.45) is 51.6 Å². The van der Waals surface area contributed by atoms with Crippen molar-refractivity contribution in [3.05, 3.63) is 108 Å². The summed E-state index contributed by atoms with van der Waals surface area (Å²) < 4.78 is 0. The molecule has 55 heteroatoms. The number of aromatic hydroxyl groups is 2. The van der Waals surface area contributed by atoms with Gasteiger partial charge in [0.1, 0.15) is 90.0 Å². The van der Waals surface area contributed by atoms with Crippen molar-refractivity contribution in [2.75, 3.05) is 70.4 Å². The number of phenolic OH excluding ortho intramolecular Hbond substituents is 2. The second kappa shape index (κ2) is 64.4. The van der Waals surface area contributed by atoms with Crippen LogP contribution in [0.1, 0.15) is 139 Å². The van der Waals surface area contributed by atoms with Gasteiger partial charge in [-0.05, 0) is 180 Å². The number of hydrogen-bond acceptors (Lipinski definition) is 27. The number of nitrogens with one attached hydrogen (secondary N) is 23. The van der Waals surface area contributed by atoms with Crippen molar-refractivity contribution in [1.29, 1.82) is 21.6 Å². The number of hydrogen-bond donors (Lipinski definition) is 37. The Labute approximate surface area is 847 Å². The van der Waals surface area contributed by atoms with E-state index in [1.165, 1.54) is 48.5 Å². The van der Waals surface area contributed by atoms with Crippen LogP contribution in [0.3, 0.4) is 0 Å². The average molecular weight is 2070 g/mol. The van der Waals surface area contributed by atoms with Crippen LogP contribution in [0.5, 0.6) is 11.5 Å². The van der Waals surface area contributed by atoms with Crippen LogP contribution in [0.4, 0.5) is 14.4 Å². The van der Waals surface area contributed by atoms with Crippen LogP contribution in [0.25, 0.3) is 10.8 Å². The van der Waals surface area contributed by atoms with E-state index in [0.29, 0.717) is 23.1 Å². The Hall–Kier alpha value is -15.2. The SMILES string of the molecule is N=C(N)NCCC[C@H](NC(=O)[C@H](CS)NC(=O)[C@H](CCCNC(N)=O)NC(=O)[C@H](CCCNC(=N)N)NC(=O)[C@H](Cc1ccc(O)cc1)NC(=O)[C@@H]1CCCN1C(=O)[C@@H](CCCNC(N)=O)NC(=O)[C@H](CCCCN)NC(=O)[C@H](CCCNC(N)=O)NC(=O)[C@H](Cc1ccc(O)cc1)NC(=O)[C@H](CS)NC(=O)[C@H](Cc1ccc2ccccc2c1)NC(=O)[C@H](CCCNC(=N)N)NC(=O)[C@@H](N)CCCNC(=N)N)C(=O)O. The number of aliphatic carboxylic acids is 1. The van der Waals surface area contributed by atoms with E-state index >= 15 is 28.8 Å². The van der Waals surface area contributed by atoms with Crippen LogP contribution in [-0.4, -0.2) is 300 Å². The van der Waals surface area contributed by atoms with Gasteiger partial charge in [0, 0.05) is 83.1 Å². The van der Waals surface area contributed by atoms with Gasteiger partial charge in [0.25, 0.3) is 0 Å². The van der Waals surface area contributed by atoms with E-state index in [-0.39, 0.29) is 223 Å². The number of likely N-dealkylation sites (tertiary alicyclic amines) is 1. The van der Waals surface area contributed by atoms with Crippen molar-refractivity contribution < 1.29 is 96.8 Å². The molecule has 0 aliphatic carbocycles. The first-order valence-corrected chi connectivity index (χ1v) is 48.6. The minimum atomic E-state index is -1.68. The molecule has 1 saturated heterocycles. The zero-order valence-corrected chi connectivity index (χ0v) is 82.2. The third-order valence-corrected chi connectivity index (χ3v) is 23.7. The summed E-state index contributed by atoms with van der Waals surface area (Å²) in [7, 11) is 0. The summed E-state index contributed by atoms with van der Waals surface area (Å²) in [6.07, 6.45) is -1.55. The predicted octanol–water partition coefficient (Wildman–Crippen LogP) is -7.11. The van der Waals surface area contributed by atoms with Crippen molar-refractivity contribution in [3.8, 4) is 11.5 Å². The number of urea groups is 3.